The average Bonchev–Trinajstić information content (AvgIpc) is 2.47. The van der Waals surface area contributed by atoms with E-state index in [4.69, 9.17) is 4.74 Å². The zero-order valence-corrected chi connectivity index (χ0v) is 11.2. The maximum Gasteiger partial charge on any atom is 0.435 e. The zero-order chi connectivity index (χ0) is 15.3. The average molecular weight is 304 g/mol. The summed E-state index contributed by atoms with van der Waals surface area (Å²) in [6.07, 6.45) is -4.26. The molecule has 1 saturated heterocycles. The molecule has 1 N–H and O–H groups in total. The van der Waals surface area contributed by atoms with Crippen LogP contribution in [-0.2, 0) is 15.7 Å². The number of aromatic nitrogens is 2. The van der Waals surface area contributed by atoms with Gasteiger partial charge in [0.1, 0.15) is 5.82 Å². The SMILES string of the molecule is O=C(CCNc1ccc(C(F)(F)F)nn1)N1CCOCC1. The van der Waals surface area contributed by atoms with Crippen molar-refractivity contribution in [2.45, 2.75) is 12.6 Å². The number of nitrogens with one attached hydrogen (secondary N) is 1. The zero-order valence-electron chi connectivity index (χ0n) is 11.2. The van der Waals surface area contributed by atoms with Crippen LogP contribution >= 0.6 is 0 Å². The standard InChI is InChI=1S/C12H15F3N4O2/c13-12(14,15)9-1-2-10(18-17-9)16-4-3-11(20)19-5-7-21-8-6-19/h1-2H,3-8H2,(H,16,18). The molecule has 116 valence electrons. The quantitative estimate of drug-likeness (QED) is 0.904. The van der Waals surface area contributed by atoms with Gasteiger partial charge in [0.25, 0.3) is 0 Å². The molecule has 6 nitrogen and oxygen atoms in total. The highest BCUT2D eigenvalue weighted by atomic mass is 19.4. The molecule has 1 aromatic heterocycles. The van der Waals surface area contributed by atoms with Gasteiger partial charge in [0.2, 0.25) is 5.91 Å². The van der Waals surface area contributed by atoms with E-state index in [0.29, 0.717) is 26.3 Å². The van der Waals surface area contributed by atoms with Crippen LogP contribution in [-0.4, -0.2) is 53.9 Å². The van der Waals surface area contributed by atoms with Gasteiger partial charge in [-0.05, 0) is 12.1 Å². The van der Waals surface area contributed by atoms with Gasteiger partial charge in [-0.1, -0.05) is 0 Å². The molecule has 0 atom stereocenters. The van der Waals surface area contributed by atoms with Crippen molar-refractivity contribution in [2.75, 3.05) is 38.2 Å². The summed E-state index contributed by atoms with van der Waals surface area (Å²) in [5.41, 5.74) is -1.04. The third-order valence-electron chi connectivity index (χ3n) is 2.96. The number of carbonyl (C=O) groups is 1. The van der Waals surface area contributed by atoms with Crippen LogP contribution in [0.4, 0.5) is 19.0 Å². The Morgan fingerprint density at radius 2 is 2.00 bits per heavy atom. The van der Waals surface area contributed by atoms with Crippen molar-refractivity contribution in [3.8, 4) is 0 Å². The Morgan fingerprint density at radius 1 is 1.29 bits per heavy atom. The van der Waals surface area contributed by atoms with Crippen molar-refractivity contribution in [1.29, 1.82) is 0 Å². The molecule has 0 unspecified atom stereocenters. The lowest BCUT2D eigenvalue weighted by atomic mass is 10.3. The van der Waals surface area contributed by atoms with E-state index >= 15 is 0 Å². The Bertz CT molecular complexity index is 472. The van der Waals surface area contributed by atoms with Crippen LogP contribution in [0.3, 0.4) is 0 Å². The molecule has 1 aromatic rings. The number of halogens is 3. The number of amides is 1. The summed E-state index contributed by atoms with van der Waals surface area (Å²) < 4.78 is 42.0. The summed E-state index contributed by atoms with van der Waals surface area (Å²) in [4.78, 5) is 13.5. The molecule has 1 fully saturated rings. The van der Waals surface area contributed by atoms with E-state index in [0.717, 1.165) is 6.07 Å². The Kier molecular flexibility index (Phi) is 4.94. The van der Waals surface area contributed by atoms with Gasteiger partial charge in [-0.3, -0.25) is 4.79 Å². The van der Waals surface area contributed by atoms with E-state index in [1.54, 1.807) is 4.90 Å². The molecule has 0 bridgehead atoms. The molecular formula is C12H15F3N4O2. The highest BCUT2D eigenvalue weighted by molar-refractivity contribution is 5.76. The molecule has 1 aliphatic heterocycles. The Hall–Kier alpha value is -1.90. The number of anilines is 1. The van der Waals surface area contributed by atoms with Crippen LogP contribution < -0.4 is 5.32 Å². The molecule has 1 amide bonds. The Morgan fingerprint density at radius 3 is 2.57 bits per heavy atom. The molecule has 9 heteroatoms. The van der Waals surface area contributed by atoms with Crippen molar-refractivity contribution in [1.82, 2.24) is 15.1 Å². The first-order valence-electron chi connectivity index (χ1n) is 6.47. The van der Waals surface area contributed by atoms with Crippen LogP contribution in [0.15, 0.2) is 12.1 Å². The fourth-order valence-electron chi connectivity index (χ4n) is 1.85. The molecule has 0 saturated carbocycles. The smallest absolute Gasteiger partial charge is 0.378 e. The van der Waals surface area contributed by atoms with Gasteiger partial charge in [-0.25, -0.2) is 0 Å². The summed E-state index contributed by atoms with van der Waals surface area (Å²) in [5, 5.41) is 9.29. The third-order valence-corrected chi connectivity index (χ3v) is 2.96. The van der Waals surface area contributed by atoms with E-state index in [-0.39, 0.29) is 24.7 Å². The summed E-state index contributed by atoms with van der Waals surface area (Å²) in [6.45, 7) is 2.49. The second-order valence-corrected chi connectivity index (χ2v) is 4.47. The second-order valence-electron chi connectivity index (χ2n) is 4.47. The van der Waals surface area contributed by atoms with Gasteiger partial charge >= 0.3 is 6.18 Å². The van der Waals surface area contributed by atoms with Crippen LogP contribution in [0, 0.1) is 0 Å². The minimum atomic E-state index is -4.50. The topological polar surface area (TPSA) is 67.4 Å². The van der Waals surface area contributed by atoms with E-state index < -0.39 is 11.9 Å². The van der Waals surface area contributed by atoms with Crippen LogP contribution in [0.2, 0.25) is 0 Å². The minimum Gasteiger partial charge on any atom is -0.378 e. The number of hydrogen-bond acceptors (Lipinski definition) is 5. The lowest BCUT2D eigenvalue weighted by Gasteiger charge is -2.26. The summed E-state index contributed by atoms with van der Waals surface area (Å²) in [7, 11) is 0. The summed E-state index contributed by atoms with van der Waals surface area (Å²) >= 11 is 0. The van der Waals surface area contributed by atoms with Gasteiger partial charge in [-0.15, -0.1) is 10.2 Å². The molecule has 0 aliphatic carbocycles. The molecule has 2 heterocycles. The minimum absolute atomic E-state index is 0.0225. The molecule has 21 heavy (non-hydrogen) atoms. The number of ether oxygens (including phenoxy) is 1. The van der Waals surface area contributed by atoms with Crippen molar-refractivity contribution in [3.63, 3.8) is 0 Å². The molecule has 2 rings (SSSR count). The summed E-state index contributed by atoms with van der Waals surface area (Å²) in [6, 6.07) is 2.04. The third kappa shape index (κ3) is 4.55. The van der Waals surface area contributed by atoms with E-state index in [1.165, 1.54) is 6.07 Å². The Labute approximate surface area is 119 Å². The number of nitrogens with zero attached hydrogens (tertiary/aromatic N) is 3. The van der Waals surface area contributed by atoms with Crippen molar-refractivity contribution in [3.05, 3.63) is 17.8 Å². The number of alkyl halides is 3. The molecular weight excluding hydrogens is 289 g/mol. The normalized spacial score (nSPS) is 15.9. The van der Waals surface area contributed by atoms with Crippen LogP contribution in [0.25, 0.3) is 0 Å². The van der Waals surface area contributed by atoms with Gasteiger partial charge in [-0.2, -0.15) is 13.2 Å². The van der Waals surface area contributed by atoms with Gasteiger partial charge in [0, 0.05) is 26.1 Å². The molecule has 0 radical (unpaired) electrons. The molecule has 1 aliphatic rings. The first-order valence-corrected chi connectivity index (χ1v) is 6.47. The molecule has 0 spiro atoms. The number of morpholine rings is 1. The maximum absolute atomic E-state index is 12.3. The van der Waals surface area contributed by atoms with E-state index in [2.05, 4.69) is 15.5 Å². The number of carbonyl (C=O) groups excluding carboxylic acids is 1. The van der Waals surface area contributed by atoms with E-state index in [9.17, 15) is 18.0 Å². The fraction of sp³-hybridized carbons (Fsp3) is 0.583. The van der Waals surface area contributed by atoms with Gasteiger partial charge in [0.05, 0.1) is 13.2 Å². The van der Waals surface area contributed by atoms with E-state index in [1.807, 2.05) is 0 Å². The predicted octanol–water partition coefficient (Wildman–Crippen LogP) is 1.16. The Balaban J connectivity index is 1.76. The second kappa shape index (κ2) is 6.70. The highest BCUT2D eigenvalue weighted by Gasteiger charge is 2.32. The summed E-state index contributed by atoms with van der Waals surface area (Å²) in [5.74, 6) is 0.184. The van der Waals surface area contributed by atoms with Gasteiger partial charge in [0.15, 0.2) is 5.69 Å². The highest BCUT2D eigenvalue weighted by Crippen LogP contribution is 2.26. The first-order chi connectivity index (χ1) is 9.97. The van der Waals surface area contributed by atoms with Crippen molar-refractivity contribution < 1.29 is 22.7 Å². The van der Waals surface area contributed by atoms with Crippen LogP contribution in [0.1, 0.15) is 12.1 Å². The van der Waals surface area contributed by atoms with Crippen LogP contribution in [0.5, 0.6) is 0 Å². The van der Waals surface area contributed by atoms with Crippen molar-refractivity contribution in [2.24, 2.45) is 0 Å². The lowest BCUT2D eigenvalue weighted by Crippen LogP contribution is -2.41. The first kappa shape index (κ1) is 15.5. The fourth-order valence-corrected chi connectivity index (χ4v) is 1.85. The number of hydrogen-bond donors (Lipinski definition) is 1. The lowest BCUT2D eigenvalue weighted by molar-refractivity contribution is -0.141. The maximum atomic E-state index is 12.3. The monoisotopic (exact) mass is 304 g/mol. The number of rotatable bonds is 4. The van der Waals surface area contributed by atoms with Crippen molar-refractivity contribution >= 4 is 11.7 Å². The largest absolute Gasteiger partial charge is 0.435 e. The van der Waals surface area contributed by atoms with Gasteiger partial charge < -0.3 is 15.0 Å². The predicted molar refractivity (Wildman–Crippen MR) is 67.5 cm³/mol. The molecule has 0 aromatic carbocycles.